The largest absolute Gasteiger partial charge is 0.412 e. The Labute approximate surface area is 181 Å². The molecule has 1 N–H and O–H groups in total. The topological polar surface area (TPSA) is 32.7 Å². The molecular formula is C25H47NO2Si. The number of hydrogen-bond acceptors (Lipinski definition) is 3. The van der Waals surface area contributed by atoms with Gasteiger partial charge in [0.1, 0.15) is 0 Å². The van der Waals surface area contributed by atoms with Gasteiger partial charge in [-0.3, -0.25) is 4.90 Å². The Balaban J connectivity index is 1.65. The van der Waals surface area contributed by atoms with Crippen molar-refractivity contribution in [1.29, 1.82) is 0 Å². The van der Waals surface area contributed by atoms with E-state index in [9.17, 15) is 5.11 Å². The van der Waals surface area contributed by atoms with Crippen LogP contribution in [0.4, 0.5) is 0 Å². The molecule has 2 saturated carbocycles. The van der Waals surface area contributed by atoms with E-state index in [1.54, 1.807) is 0 Å². The second-order valence-electron chi connectivity index (χ2n) is 12.2. The van der Waals surface area contributed by atoms with Crippen LogP contribution in [0, 0.1) is 23.7 Å². The van der Waals surface area contributed by atoms with E-state index in [-0.39, 0.29) is 11.6 Å². The summed E-state index contributed by atoms with van der Waals surface area (Å²) in [4.78, 5) is 2.85. The smallest absolute Gasteiger partial charge is 0.200 e. The number of hydrogen-bond donors (Lipinski definition) is 1. The Morgan fingerprint density at radius 2 is 1.62 bits per heavy atom. The molecule has 4 heteroatoms. The summed E-state index contributed by atoms with van der Waals surface area (Å²) in [5.74, 6) is 2.75. The van der Waals surface area contributed by atoms with Gasteiger partial charge < -0.3 is 9.53 Å². The Morgan fingerprint density at radius 3 is 2.24 bits per heavy atom. The summed E-state index contributed by atoms with van der Waals surface area (Å²) in [6.45, 7) is 19.3. The summed E-state index contributed by atoms with van der Waals surface area (Å²) in [7, 11) is -1.85. The van der Waals surface area contributed by atoms with E-state index in [0.29, 0.717) is 34.6 Å². The number of piperidine rings is 2. The van der Waals surface area contributed by atoms with Crippen molar-refractivity contribution in [2.75, 3.05) is 13.1 Å². The Hall–Kier alpha value is 0.0969. The van der Waals surface area contributed by atoms with Crippen LogP contribution >= 0.6 is 0 Å². The second kappa shape index (κ2) is 7.90. The monoisotopic (exact) mass is 421 g/mol. The lowest BCUT2D eigenvalue weighted by molar-refractivity contribution is -0.210. The summed E-state index contributed by atoms with van der Waals surface area (Å²) in [5.41, 5.74) is 2.23. The first kappa shape index (κ1) is 22.3. The summed E-state index contributed by atoms with van der Waals surface area (Å²) < 4.78 is 7.35. The van der Waals surface area contributed by atoms with Gasteiger partial charge in [-0.1, -0.05) is 48.5 Å². The van der Waals surface area contributed by atoms with Crippen LogP contribution in [0.25, 0.3) is 0 Å². The standard InChI is InChI=1S/C25H47NO2Si/c1-16(2)29(17(3)4,18(5)6)28-21-13-23-20-11-19(7)14-25(23)22(24(27)12-20)9-8-10-26(25)15-21/h16-24,27H,8-15H2,1-7H3. The molecular weight excluding hydrogens is 374 g/mol. The summed E-state index contributed by atoms with van der Waals surface area (Å²) >= 11 is 0. The quantitative estimate of drug-likeness (QED) is 0.567. The maximum Gasteiger partial charge on any atom is 0.200 e. The second-order valence-corrected chi connectivity index (χ2v) is 17.6. The molecule has 3 nitrogen and oxygen atoms in total. The third-order valence-electron chi connectivity index (χ3n) is 9.79. The molecule has 2 aliphatic carbocycles. The highest BCUT2D eigenvalue weighted by molar-refractivity contribution is 6.77. The van der Waals surface area contributed by atoms with Crippen molar-refractivity contribution in [3.63, 3.8) is 0 Å². The van der Waals surface area contributed by atoms with Crippen molar-refractivity contribution >= 4 is 8.32 Å². The zero-order valence-corrected chi connectivity index (χ0v) is 21.2. The van der Waals surface area contributed by atoms with E-state index < -0.39 is 8.32 Å². The third-order valence-corrected chi connectivity index (χ3v) is 15.9. The molecule has 0 aromatic rings. The SMILES string of the molecule is CC1CC2CC(O)C3CCCN4CC(O[Si](C(C)C)(C(C)C)C(C)C)CC2C34C1. The Bertz CT molecular complexity index is 572. The molecule has 4 fully saturated rings. The van der Waals surface area contributed by atoms with E-state index in [4.69, 9.17) is 4.43 Å². The van der Waals surface area contributed by atoms with E-state index in [2.05, 4.69) is 53.4 Å². The molecule has 4 aliphatic rings. The molecule has 4 rings (SSSR count). The van der Waals surface area contributed by atoms with Crippen LogP contribution in [-0.2, 0) is 4.43 Å². The van der Waals surface area contributed by atoms with Crippen molar-refractivity contribution in [2.45, 2.75) is 121 Å². The normalized spacial score (nSPS) is 43.1. The van der Waals surface area contributed by atoms with Gasteiger partial charge in [-0.05, 0) is 79.4 Å². The average Bonchev–Trinajstić information content (AvgIpc) is 2.61. The fourth-order valence-electron chi connectivity index (χ4n) is 9.17. The van der Waals surface area contributed by atoms with Crippen LogP contribution in [0.3, 0.4) is 0 Å². The minimum atomic E-state index is -1.85. The van der Waals surface area contributed by atoms with Crippen LogP contribution in [0.2, 0.25) is 16.6 Å². The first-order valence-electron chi connectivity index (χ1n) is 12.7. The van der Waals surface area contributed by atoms with Gasteiger partial charge in [0.25, 0.3) is 0 Å². The molecule has 0 amide bonds. The van der Waals surface area contributed by atoms with Gasteiger partial charge in [-0.15, -0.1) is 0 Å². The van der Waals surface area contributed by atoms with Crippen LogP contribution < -0.4 is 0 Å². The van der Waals surface area contributed by atoms with Crippen molar-refractivity contribution in [1.82, 2.24) is 4.90 Å². The fourth-order valence-corrected chi connectivity index (χ4v) is 14.7. The molecule has 7 atom stereocenters. The molecule has 1 spiro atoms. The van der Waals surface area contributed by atoms with Crippen molar-refractivity contribution in [3.8, 4) is 0 Å². The maximum atomic E-state index is 11.1. The lowest BCUT2D eigenvalue weighted by Gasteiger charge is -2.69. The minimum Gasteiger partial charge on any atom is -0.412 e. The number of aliphatic hydroxyl groups excluding tert-OH is 1. The highest BCUT2D eigenvalue weighted by Crippen LogP contribution is 2.61. The zero-order valence-electron chi connectivity index (χ0n) is 20.2. The number of nitrogens with zero attached hydrogens (tertiary/aromatic N) is 1. The molecule has 2 aliphatic heterocycles. The van der Waals surface area contributed by atoms with E-state index >= 15 is 0 Å². The van der Waals surface area contributed by atoms with Gasteiger partial charge >= 0.3 is 0 Å². The highest BCUT2D eigenvalue weighted by atomic mass is 28.4. The molecule has 2 saturated heterocycles. The molecule has 2 bridgehead atoms. The molecule has 2 heterocycles. The van der Waals surface area contributed by atoms with Crippen LogP contribution in [0.5, 0.6) is 0 Å². The van der Waals surface area contributed by atoms with E-state index in [0.717, 1.165) is 24.8 Å². The first-order valence-corrected chi connectivity index (χ1v) is 14.9. The van der Waals surface area contributed by atoms with Gasteiger partial charge in [0.2, 0.25) is 8.32 Å². The average molecular weight is 422 g/mol. The lowest BCUT2D eigenvalue weighted by Crippen LogP contribution is -2.74. The van der Waals surface area contributed by atoms with Gasteiger partial charge in [-0.2, -0.15) is 0 Å². The summed E-state index contributed by atoms with van der Waals surface area (Å²) in [6, 6.07) is 0. The maximum absolute atomic E-state index is 11.1. The fraction of sp³-hybridized carbons (Fsp3) is 1.00. The number of aliphatic hydroxyl groups is 1. The summed E-state index contributed by atoms with van der Waals surface area (Å²) in [6.07, 6.45) is 7.74. The van der Waals surface area contributed by atoms with E-state index in [1.807, 2.05) is 0 Å². The zero-order chi connectivity index (χ0) is 21.1. The Morgan fingerprint density at radius 1 is 0.966 bits per heavy atom. The first-order chi connectivity index (χ1) is 13.6. The van der Waals surface area contributed by atoms with Crippen molar-refractivity contribution in [2.24, 2.45) is 23.7 Å². The van der Waals surface area contributed by atoms with Gasteiger partial charge in [0.05, 0.1) is 12.2 Å². The molecule has 29 heavy (non-hydrogen) atoms. The van der Waals surface area contributed by atoms with Gasteiger partial charge in [-0.25, -0.2) is 0 Å². The van der Waals surface area contributed by atoms with Crippen molar-refractivity contribution < 1.29 is 9.53 Å². The van der Waals surface area contributed by atoms with Gasteiger partial charge in [0.15, 0.2) is 0 Å². The Kier molecular flexibility index (Phi) is 6.08. The van der Waals surface area contributed by atoms with Crippen LogP contribution in [0.15, 0.2) is 0 Å². The molecule has 0 aromatic heterocycles. The molecule has 168 valence electrons. The van der Waals surface area contributed by atoms with E-state index in [1.165, 1.54) is 38.6 Å². The lowest BCUT2D eigenvalue weighted by atomic mass is 9.48. The molecule has 0 radical (unpaired) electrons. The predicted molar refractivity (Wildman–Crippen MR) is 124 cm³/mol. The van der Waals surface area contributed by atoms with Crippen LogP contribution in [0.1, 0.15) is 87.0 Å². The molecule has 0 aromatic carbocycles. The summed E-state index contributed by atoms with van der Waals surface area (Å²) in [5, 5.41) is 11.1. The van der Waals surface area contributed by atoms with Crippen LogP contribution in [-0.4, -0.2) is 49.2 Å². The number of rotatable bonds is 5. The minimum absolute atomic E-state index is 0.0699. The predicted octanol–water partition coefficient (Wildman–Crippen LogP) is 5.83. The molecule has 7 unspecified atom stereocenters. The highest BCUT2D eigenvalue weighted by Gasteiger charge is 2.64. The van der Waals surface area contributed by atoms with Gasteiger partial charge in [0, 0.05) is 18.0 Å². The van der Waals surface area contributed by atoms with Crippen molar-refractivity contribution in [3.05, 3.63) is 0 Å². The third kappa shape index (κ3) is 3.30.